The van der Waals surface area contributed by atoms with Crippen molar-refractivity contribution in [1.82, 2.24) is 19.7 Å². The molecule has 2 aromatic heterocycles. The number of hydrogen-bond donors (Lipinski definition) is 0. The molecular formula is C14H12FN5O2. The van der Waals surface area contributed by atoms with Crippen molar-refractivity contribution in [3.63, 3.8) is 0 Å². The zero-order valence-corrected chi connectivity index (χ0v) is 11.9. The lowest BCUT2D eigenvalue weighted by molar-refractivity contribution is 0.283. The van der Waals surface area contributed by atoms with E-state index in [9.17, 15) is 4.39 Å². The molecule has 0 aliphatic carbocycles. The maximum Gasteiger partial charge on any atom is 0.280 e. The molecule has 0 saturated heterocycles. The maximum absolute atomic E-state index is 13.3. The highest BCUT2D eigenvalue weighted by molar-refractivity contribution is 5.58. The molecule has 0 atom stereocenters. The number of benzene rings is 1. The molecule has 1 aliphatic heterocycles. The molecule has 0 unspecified atom stereocenters. The quantitative estimate of drug-likeness (QED) is 0.721. The Labute approximate surface area is 124 Å². The molecule has 3 heterocycles. The number of aromatic nitrogens is 4. The highest BCUT2D eigenvalue weighted by Crippen LogP contribution is 2.34. The van der Waals surface area contributed by atoms with Gasteiger partial charge >= 0.3 is 0 Å². The molecule has 0 radical (unpaired) electrons. The average molecular weight is 301 g/mol. The highest BCUT2D eigenvalue weighted by atomic mass is 19.1. The van der Waals surface area contributed by atoms with Crippen LogP contribution in [0.4, 0.5) is 10.3 Å². The highest BCUT2D eigenvalue weighted by Gasteiger charge is 2.25. The zero-order valence-electron chi connectivity index (χ0n) is 11.9. The lowest BCUT2D eigenvalue weighted by atomic mass is 10.2. The summed E-state index contributed by atoms with van der Waals surface area (Å²) in [6.07, 6.45) is 1.64. The second-order valence-electron chi connectivity index (χ2n) is 5.10. The topological polar surface area (TPSA) is 69.2 Å². The van der Waals surface area contributed by atoms with E-state index >= 15 is 0 Å². The van der Waals surface area contributed by atoms with Gasteiger partial charge in [0.2, 0.25) is 0 Å². The zero-order chi connectivity index (χ0) is 15.3. The van der Waals surface area contributed by atoms with Gasteiger partial charge in [-0.05, 0) is 17.3 Å². The van der Waals surface area contributed by atoms with E-state index in [0.29, 0.717) is 23.3 Å². The molecule has 0 spiro atoms. The van der Waals surface area contributed by atoms with Gasteiger partial charge in [-0.2, -0.15) is 4.98 Å². The summed E-state index contributed by atoms with van der Waals surface area (Å²) in [5, 5.41) is 3.88. The smallest absolute Gasteiger partial charge is 0.280 e. The molecular weight excluding hydrogens is 289 g/mol. The number of nitrogens with zero attached hydrogens (tertiary/aromatic N) is 5. The van der Waals surface area contributed by atoms with E-state index in [1.807, 2.05) is 18.7 Å². The summed E-state index contributed by atoms with van der Waals surface area (Å²) < 4.78 is 26.0. The largest absolute Gasteiger partial charge is 0.485 e. The van der Waals surface area contributed by atoms with E-state index in [-0.39, 0.29) is 12.4 Å². The standard InChI is InChI=1S/C14H12FN5O2/c1-19(2)14-17-13(22-18-14)12-10-6-21-11-5-8(15)3-4-9(11)20(10)7-16-12/h3-5,7H,6H2,1-2H3. The maximum atomic E-state index is 13.3. The van der Waals surface area contributed by atoms with Crippen LogP contribution in [0.1, 0.15) is 5.69 Å². The number of fused-ring (bicyclic) bond motifs is 3. The van der Waals surface area contributed by atoms with Gasteiger partial charge in [0.15, 0.2) is 5.69 Å². The molecule has 0 bridgehead atoms. The predicted molar refractivity (Wildman–Crippen MR) is 75.5 cm³/mol. The van der Waals surface area contributed by atoms with Crippen molar-refractivity contribution >= 4 is 5.95 Å². The Morgan fingerprint density at radius 2 is 2.18 bits per heavy atom. The first-order valence-corrected chi connectivity index (χ1v) is 6.64. The number of imidazole rings is 1. The first kappa shape index (κ1) is 12.8. The summed E-state index contributed by atoms with van der Waals surface area (Å²) in [5.74, 6) is 0.939. The van der Waals surface area contributed by atoms with Crippen LogP contribution in [-0.2, 0) is 6.61 Å². The third-order valence-corrected chi connectivity index (χ3v) is 3.43. The van der Waals surface area contributed by atoms with Gasteiger partial charge in [-0.15, -0.1) is 0 Å². The van der Waals surface area contributed by atoms with Crippen LogP contribution in [0.3, 0.4) is 0 Å². The molecule has 22 heavy (non-hydrogen) atoms. The van der Waals surface area contributed by atoms with Gasteiger partial charge in [0, 0.05) is 20.2 Å². The molecule has 0 fully saturated rings. The summed E-state index contributed by atoms with van der Waals surface area (Å²) >= 11 is 0. The average Bonchev–Trinajstić information content (AvgIpc) is 3.13. The second-order valence-corrected chi connectivity index (χ2v) is 5.10. The van der Waals surface area contributed by atoms with Crippen molar-refractivity contribution in [2.45, 2.75) is 6.61 Å². The van der Waals surface area contributed by atoms with Gasteiger partial charge in [-0.25, -0.2) is 9.37 Å². The minimum atomic E-state index is -0.338. The van der Waals surface area contributed by atoms with Crippen molar-refractivity contribution in [3.05, 3.63) is 36.0 Å². The van der Waals surface area contributed by atoms with Crippen LogP contribution in [0.5, 0.6) is 5.75 Å². The van der Waals surface area contributed by atoms with Gasteiger partial charge in [0.05, 0.1) is 11.4 Å². The van der Waals surface area contributed by atoms with Crippen LogP contribution in [0.15, 0.2) is 29.0 Å². The SMILES string of the molecule is CN(C)c1noc(-c2ncn3c2COc2cc(F)ccc2-3)n1. The third-order valence-electron chi connectivity index (χ3n) is 3.43. The Kier molecular flexibility index (Phi) is 2.65. The van der Waals surface area contributed by atoms with Crippen molar-refractivity contribution in [1.29, 1.82) is 0 Å². The van der Waals surface area contributed by atoms with E-state index in [1.54, 1.807) is 17.3 Å². The fourth-order valence-electron chi connectivity index (χ4n) is 2.34. The Morgan fingerprint density at radius 3 is 2.95 bits per heavy atom. The normalized spacial score (nSPS) is 12.5. The summed E-state index contributed by atoms with van der Waals surface area (Å²) in [6, 6.07) is 4.39. The minimum absolute atomic E-state index is 0.255. The molecule has 0 saturated carbocycles. The lowest BCUT2D eigenvalue weighted by Crippen LogP contribution is -2.12. The molecule has 112 valence electrons. The molecule has 4 rings (SSSR count). The molecule has 1 aromatic carbocycles. The fourth-order valence-corrected chi connectivity index (χ4v) is 2.34. The summed E-state index contributed by atoms with van der Waals surface area (Å²) in [4.78, 5) is 10.4. The molecule has 1 aliphatic rings. The van der Waals surface area contributed by atoms with Crippen LogP contribution >= 0.6 is 0 Å². The number of halogens is 1. The minimum Gasteiger partial charge on any atom is -0.485 e. The molecule has 0 N–H and O–H groups in total. The molecule has 7 nitrogen and oxygen atoms in total. The van der Waals surface area contributed by atoms with Crippen molar-refractivity contribution < 1.29 is 13.7 Å². The predicted octanol–water partition coefficient (Wildman–Crippen LogP) is 2.02. The Morgan fingerprint density at radius 1 is 1.32 bits per heavy atom. The number of anilines is 1. The molecule has 0 amide bonds. The summed E-state index contributed by atoms with van der Waals surface area (Å²) in [6.45, 7) is 0.255. The van der Waals surface area contributed by atoms with Crippen molar-refractivity contribution in [2.24, 2.45) is 0 Å². The fraction of sp³-hybridized carbons (Fsp3) is 0.214. The number of ether oxygens (including phenoxy) is 1. The Hall–Kier alpha value is -2.90. The van der Waals surface area contributed by atoms with Gasteiger partial charge in [-0.3, -0.25) is 4.57 Å². The Bertz CT molecular complexity index is 855. The van der Waals surface area contributed by atoms with Crippen molar-refractivity contribution in [3.8, 4) is 23.0 Å². The molecule has 3 aromatic rings. The van der Waals surface area contributed by atoms with Gasteiger partial charge in [0.25, 0.3) is 11.8 Å². The summed E-state index contributed by atoms with van der Waals surface area (Å²) in [7, 11) is 3.65. The number of hydrogen-bond acceptors (Lipinski definition) is 6. The lowest BCUT2D eigenvalue weighted by Gasteiger charge is -2.19. The van der Waals surface area contributed by atoms with Crippen LogP contribution < -0.4 is 9.64 Å². The Balaban J connectivity index is 1.81. The van der Waals surface area contributed by atoms with Crippen LogP contribution in [0.25, 0.3) is 17.3 Å². The van der Waals surface area contributed by atoms with E-state index in [2.05, 4.69) is 15.1 Å². The monoisotopic (exact) mass is 301 g/mol. The number of rotatable bonds is 2. The van der Waals surface area contributed by atoms with E-state index in [1.165, 1.54) is 12.1 Å². The van der Waals surface area contributed by atoms with Crippen molar-refractivity contribution in [2.75, 3.05) is 19.0 Å². The van der Waals surface area contributed by atoms with E-state index in [0.717, 1.165) is 11.4 Å². The van der Waals surface area contributed by atoms with Crippen LogP contribution in [-0.4, -0.2) is 33.8 Å². The first-order chi connectivity index (χ1) is 10.6. The van der Waals surface area contributed by atoms with Gasteiger partial charge in [0.1, 0.15) is 24.5 Å². The van der Waals surface area contributed by atoms with Gasteiger partial charge < -0.3 is 14.2 Å². The van der Waals surface area contributed by atoms with E-state index in [4.69, 9.17) is 9.26 Å². The second kappa shape index (κ2) is 4.55. The van der Waals surface area contributed by atoms with Crippen LogP contribution in [0, 0.1) is 5.82 Å². The van der Waals surface area contributed by atoms with Crippen LogP contribution in [0.2, 0.25) is 0 Å². The van der Waals surface area contributed by atoms with Gasteiger partial charge in [-0.1, -0.05) is 0 Å². The first-order valence-electron chi connectivity index (χ1n) is 6.64. The summed E-state index contributed by atoms with van der Waals surface area (Å²) in [5.41, 5.74) is 2.08. The third kappa shape index (κ3) is 1.84. The molecule has 8 heteroatoms. The van der Waals surface area contributed by atoms with E-state index < -0.39 is 0 Å².